The molecular weight excluding hydrogens is 439 g/mol. The van der Waals surface area contributed by atoms with Crippen molar-refractivity contribution in [3.63, 3.8) is 0 Å². The van der Waals surface area contributed by atoms with E-state index in [-0.39, 0.29) is 26.6 Å². The van der Waals surface area contributed by atoms with Gasteiger partial charge in [0.05, 0.1) is 41.9 Å². The quantitative estimate of drug-likeness (QED) is 0.463. The van der Waals surface area contributed by atoms with Crippen LogP contribution in [-0.2, 0) is 39.8 Å². The molecule has 158 valence electrons. The molecular formula is C16H26Cl2O7S2. The first-order valence-corrected chi connectivity index (χ1v) is 12.0. The predicted molar refractivity (Wildman–Crippen MR) is 107 cm³/mol. The highest BCUT2D eigenvalue weighted by Crippen LogP contribution is 2.26. The maximum Gasteiger partial charge on any atom is 0.264 e. The zero-order valence-corrected chi connectivity index (χ0v) is 17.8. The second-order valence-electron chi connectivity index (χ2n) is 5.79. The number of methoxy groups -OCH3 is 1. The van der Waals surface area contributed by atoms with Crippen molar-refractivity contribution in [2.45, 2.75) is 26.4 Å². The largest absolute Gasteiger partial charge is 0.379 e. The SMILES string of the molecule is C.CO[C@H](COS(C)(=O)=O)[C@H](CCOS(C)(=O)=O)Cc1ccc(Cl)c(Cl)c1. The first kappa shape index (κ1) is 26.6. The molecule has 7 nitrogen and oxygen atoms in total. The van der Waals surface area contributed by atoms with Gasteiger partial charge in [0.25, 0.3) is 20.2 Å². The zero-order chi connectivity index (χ0) is 20.0. The Balaban J connectivity index is 0.00000676. The number of rotatable bonds is 11. The van der Waals surface area contributed by atoms with Gasteiger partial charge in [-0.25, -0.2) is 0 Å². The van der Waals surface area contributed by atoms with E-state index in [1.165, 1.54) is 7.11 Å². The van der Waals surface area contributed by atoms with E-state index in [9.17, 15) is 16.8 Å². The van der Waals surface area contributed by atoms with Crippen molar-refractivity contribution in [1.82, 2.24) is 0 Å². The fourth-order valence-corrected chi connectivity index (χ4v) is 3.43. The summed E-state index contributed by atoms with van der Waals surface area (Å²) in [4.78, 5) is 0. The first-order chi connectivity index (χ1) is 11.9. The van der Waals surface area contributed by atoms with E-state index in [1.807, 2.05) is 0 Å². The van der Waals surface area contributed by atoms with Gasteiger partial charge in [-0.1, -0.05) is 36.7 Å². The molecule has 0 saturated heterocycles. The smallest absolute Gasteiger partial charge is 0.264 e. The number of hydrogen-bond acceptors (Lipinski definition) is 7. The molecule has 27 heavy (non-hydrogen) atoms. The van der Waals surface area contributed by atoms with Crippen LogP contribution in [0.25, 0.3) is 0 Å². The van der Waals surface area contributed by atoms with Crippen LogP contribution in [0.4, 0.5) is 0 Å². The summed E-state index contributed by atoms with van der Waals surface area (Å²) in [6, 6.07) is 5.12. The minimum atomic E-state index is -3.64. The van der Waals surface area contributed by atoms with Crippen LogP contribution in [0.2, 0.25) is 10.0 Å². The Kier molecular flexibility index (Phi) is 11.4. The molecule has 0 heterocycles. The lowest BCUT2D eigenvalue weighted by Crippen LogP contribution is -2.32. The maximum absolute atomic E-state index is 11.2. The van der Waals surface area contributed by atoms with Gasteiger partial charge in [0.2, 0.25) is 0 Å². The van der Waals surface area contributed by atoms with Gasteiger partial charge in [0, 0.05) is 7.11 Å². The van der Waals surface area contributed by atoms with Gasteiger partial charge in [-0.05, 0) is 36.5 Å². The summed E-state index contributed by atoms with van der Waals surface area (Å²) < 4.78 is 59.8. The van der Waals surface area contributed by atoms with Gasteiger partial charge < -0.3 is 4.74 Å². The number of ether oxygens (including phenoxy) is 1. The molecule has 0 aliphatic rings. The molecule has 0 amide bonds. The summed E-state index contributed by atoms with van der Waals surface area (Å²) >= 11 is 11.9. The van der Waals surface area contributed by atoms with E-state index < -0.39 is 26.3 Å². The summed E-state index contributed by atoms with van der Waals surface area (Å²) in [6.07, 6.45) is 2.05. The van der Waals surface area contributed by atoms with Crippen molar-refractivity contribution >= 4 is 43.4 Å². The Hall–Kier alpha value is -0.420. The van der Waals surface area contributed by atoms with Gasteiger partial charge in [-0.15, -0.1) is 0 Å². The van der Waals surface area contributed by atoms with Crippen molar-refractivity contribution in [1.29, 1.82) is 0 Å². The van der Waals surface area contributed by atoms with Gasteiger partial charge in [0.1, 0.15) is 0 Å². The van der Waals surface area contributed by atoms with Crippen LogP contribution in [-0.4, -0.2) is 55.8 Å². The highest BCUT2D eigenvalue weighted by molar-refractivity contribution is 7.86. The Morgan fingerprint density at radius 1 is 1.00 bits per heavy atom. The third kappa shape index (κ3) is 11.2. The fourth-order valence-electron chi connectivity index (χ4n) is 2.33. The molecule has 0 unspecified atom stereocenters. The van der Waals surface area contributed by atoms with Crippen molar-refractivity contribution in [3.8, 4) is 0 Å². The van der Waals surface area contributed by atoms with Crippen molar-refractivity contribution < 1.29 is 29.9 Å². The van der Waals surface area contributed by atoms with E-state index in [4.69, 9.17) is 36.3 Å². The van der Waals surface area contributed by atoms with E-state index in [0.29, 0.717) is 22.9 Å². The van der Waals surface area contributed by atoms with Gasteiger partial charge in [0.15, 0.2) is 0 Å². The Morgan fingerprint density at radius 2 is 1.59 bits per heavy atom. The van der Waals surface area contributed by atoms with Crippen LogP contribution in [0.1, 0.15) is 19.4 Å². The van der Waals surface area contributed by atoms with E-state index >= 15 is 0 Å². The first-order valence-electron chi connectivity index (χ1n) is 7.57. The predicted octanol–water partition coefficient (Wildman–Crippen LogP) is 3.15. The molecule has 0 fully saturated rings. The van der Waals surface area contributed by atoms with Gasteiger partial charge >= 0.3 is 0 Å². The van der Waals surface area contributed by atoms with E-state index in [1.54, 1.807) is 18.2 Å². The number of benzene rings is 1. The molecule has 2 atom stereocenters. The van der Waals surface area contributed by atoms with Crippen LogP contribution in [0.3, 0.4) is 0 Å². The average molecular weight is 465 g/mol. The van der Waals surface area contributed by atoms with E-state index in [2.05, 4.69) is 0 Å². The molecule has 0 N–H and O–H groups in total. The fraction of sp³-hybridized carbons (Fsp3) is 0.625. The zero-order valence-electron chi connectivity index (χ0n) is 14.6. The molecule has 0 radical (unpaired) electrons. The standard InChI is InChI=1S/C15H22Cl2O7S2.CH4/c1-22-15(10-24-26(3,20)21)12(6-7-23-25(2,18)19)8-11-4-5-13(16)14(17)9-11;/h4-5,9,12,15H,6-8,10H2,1-3H3;1H4/t12-,15-;/m1./s1. The molecule has 1 rings (SSSR count). The molecule has 0 saturated carbocycles. The summed E-state index contributed by atoms with van der Waals surface area (Å²) in [5, 5.41) is 0.799. The highest BCUT2D eigenvalue weighted by atomic mass is 35.5. The number of halogens is 2. The molecule has 0 bridgehead atoms. The molecule has 0 aliphatic carbocycles. The molecule has 0 aliphatic heterocycles. The van der Waals surface area contributed by atoms with Gasteiger partial charge in [-0.3, -0.25) is 8.37 Å². The average Bonchev–Trinajstić information content (AvgIpc) is 2.49. The van der Waals surface area contributed by atoms with Crippen molar-refractivity contribution in [2.24, 2.45) is 5.92 Å². The summed E-state index contributed by atoms with van der Waals surface area (Å²) in [7, 11) is -5.79. The molecule has 1 aromatic carbocycles. The van der Waals surface area contributed by atoms with Crippen LogP contribution in [0, 0.1) is 5.92 Å². The summed E-state index contributed by atoms with van der Waals surface area (Å²) in [6.45, 7) is -0.260. The summed E-state index contributed by atoms with van der Waals surface area (Å²) in [5.74, 6) is -0.277. The summed E-state index contributed by atoms with van der Waals surface area (Å²) in [5.41, 5.74) is 0.838. The Morgan fingerprint density at radius 3 is 2.07 bits per heavy atom. The second-order valence-corrected chi connectivity index (χ2v) is 9.89. The lowest BCUT2D eigenvalue weighted by molar-refractivity contribution is 0.0107. The Labute approximate surface area is 172 Å². The third-order valence-electron chi connectivity index (χ3n) is 3.54. The molecule has 0 aromatic heterocycles. The minimum Gasteiger partial charge on any atom is -0.379 e. The normalized spacial score (nSPS) is 14.4. The lowest BCUT2D eigenvalue weighted by atomic mass is 9.91. The van der Waals surface area contributed by atoms with Crippen LogP contribution in [0.5, 0.6) is 0 Å². The van der Waals surface area contributed by atoms with Gasteiger partial charge in [-0.2, -0.15) is 16.8 Å². The lowest BCUT2D eigenvalue weighted by Gasteiger charge is -2.25. The topological polar surface area (TPSA) is 96.0 Å². The number of hydrogen-bond donors (Lipinski definition) is 0. The van der Waals surface area contributed by atoms with Crippen molar-refractivity contribution in [3.05, 3.63) is 33.8 Å². The van der Waals surface area contributed by atoms with Crippen molar-refractivity contribution in [2.75, 3.05) is 32.8 Å². The van der Waals surface area contributed by atoms with E-state index in [0.717, 1.165) is 18.1 Å². The van der Waals surface area contributed by atoms with Crippen LogP contribution < -0.4 is 0 Å². The maximum atomic E-state index is 11.2. The Bertz CT molecular complexity index is 795. The monoisotopic (exact) mass is 464 g/mol. The highest BCUT2D eigenvalue weighted by Gasteiger charge is 2.24. The molecule has 11 heteroatoms. The minimum absolute atomic E-state index is 0. The molecule has 0 spiro atoms. The molecule has 1 aromatic rings. The van der Waals surface area contributed by atoms with Crippen LogP contribution >= 0.6 is 23.2 Å². The third-order valence-corrected chi connectivity index (χ3v) is 5.44. The second kappa shape index (κ2) is 11.5. The van der Waals surface area contributed by atoms with Crippen LogP contribution in [0.15, 0.2) is 18.2 Å².